The Morgan fingerprint density at radius 1 is 1.20 bits per heavy atom. The topological polar surface area (TPSA) is 57.6 Å². The van der Waals surface area contributed by atoms with Crippen molar-refractivity contribution in [2.45, 2.75) is 59.3 Å². The first-order chi connectivity index (χ1) is 9.27. The second-order valence-corrected chi connectivity index (χ2v) is 7.40. The molecule has 0 aromatic rings. The second-order valence-electron chi connectivity index (χ2n) is 7.40. The van der Waals surface area contributed by atoms with Gasteiger partial charge in [0.1, 0.15) is 0 Å². The van der Waals surface area contributed by atoms with Crippen molar-refractivity contribution < 1.29 is 14.7 Å². The smallest absolute Gasteiger partial charge is 0.311 e. The molecule has 0 radical (unpaired) electrons. The van der Waals surface area contributed by atoms with E-state index in [1.165, 1.54) is 12.8 Å². The lowest BCUT2D eigenvalue weighted by Gasteiger charge is -2.42. The summed E-state index contributed by atoms with van der Waals surface area (Å²) in [6.45, 7) is 6.91. The number of piperidine rings is 1. The van der Waals surface area contributed by atoms with Crippen LogP contribution in [0.25, 0.3) is 0 Å². The number of rotatable bonds is 3. The van der Waals surface area contributed by atoms with Gasteiger partial charge in [-0.25, -0.2) is 0 Å². The van der Waals surface area contributed by atoms with E-state index in [4.69, 9.17) is 0 Å². The Morgan fingerprint density at radius 3 is 2.35 bits per heavy atom. The number of amides is 1. The molecule has 4 heteroatoms. The van der Waals surface area contributed by atoms with Crippen LogP contribution in [0, 0.1) is 16.7 Å². The molecular formula is C16H27NO3. The maximum absolute atomic E-state index is 12.9. The molecule has 0 aromatic carbocycles. The molecule has 0 spiro atoms. The van der Waals surface area contributed by atoms with Gasteiger partial charge in [-0.05, 0) is 38.5 Å². The predicted molar refractivity (Wildman–Crippen MR) is 77.3 cm³/mol. The highest BCUT2D eigenvalue weighted by Gasteiger charge is 2.45. The number of nitrogens with zero attached hydrogens (tertiary/aromatic N) is 1. The Morgan fingerprint density at radius 2 is 1.80 bits per heavy atom. The molecule has 0 bridgehead atoms. The summed E-state index contributed by atoms with van der Waals surface area (Å²) < 4.78 is 0. The van der Waals surface area contributed by atoms with E-state index in [-0.39, 0.29) is 11.3 Å². The van der Waals surface area contributed by atoms with Crippen molar-refractivity contribution in [2.24, 2.45) is 16.7 Å². The summed E-state index contributed by atoms with van der Waals surface area (Å²) in [6, 6.07) is 0. The van der Waals surface area contributed by atoms with Gasteiger partial charge in [0.2, 0.25) is 5.91 Å². The molecule has 4 nitrogen and oxygen atoms in total. The van der Waals surface area contributed by atoms with Crippen LogP contribution in [0.4, 0.5) is 0 Å². The lowest BCUT2D eigenvalue weighted by Crippen LogP contribution is -2.53. The van der Waals surface area contributed by atoms with Crippen molar-refractivity contribution in [3.05, 3.63) is 0 Å². The highest BCUT2D eigenvalue weighted by Crippen LogP contribution is 2.42. The lowest BCUT2D eigenvalue weighted by atomic mass is 9.75. The van der Waals surface area contributed by atoms with Crippen LogP contribution in [0.2, 0.25) is 0 Å². The Bertz CT molecular complexity index is 399. The fourth-order valence-electron chi connectivity index (χ4n) is 3.82. The molecule has 114 valence electrons. The van der Waals surface area contributed by atoms with E-state index in [1.54, 1.807) is 11.8 Å². The molecule has 1 unspecified atom stereocenters. The van der Waals surface area contributed by atoms with Crippen molar-refractivity contribution in [1.29, 1.82) is 0 Å². The van der Waals surface area contributed by atoms with Crippen LogP contribution in [-0.4, -0.2) is 35.0 Å². The van der Waals surface area contributed by atoms with E-state index >= 15 is 0 Å². The van der Waals surface area contributed by atoms with Crippen LogP contribution in [0.1, 0.15) is 59.3 Å². The third kappa shape index (κ3) is 2.70. The van der Waals surface area contributed by atoms with Crippen LogP contribution in [0.5, 0.6) is 0 Å². The van der Waals surface area contributed by atoms with Gasteiger partial charge in [0.05, 0.1) is 5.41 Å². The van der Waals surface area contributed by atoms with E-state index < -0.39 is 11.4 Å². The lowest BCUT2D eigenvalue weighted by molar-refractivity contribution is -0.157. The monoisotopic (exact) mass is 281 g/mol. The van der Waals surface area contributed by atoms with Crippen molar-refractivity contribution in [2.75, 3.05) is 13.1 Å². The molecule has 20 heavy (non-hydrogen) atoms. The van der Waals surface area contributed by atoms with E-state index in [1.807, 2.05) is 13.8 Å². The van der Waals surface area contributed by atoms with Gasteiger partial charge in [0.25, 0.3) is 0 Å². The maximum Gasteiger partial charge on any atom is 0.311 e. The van der Waals surface area contributed by atoms with Gasteiger partial charge in [-0.1, -0.05) is 26.7 Å². The number of carboxylic acid groups (broad SMARTS) is 1. The van der Waals surface area contributed by atoms with Crippen molar-refractivity contribution in [3.63, 3.8) is 0 Å². The van der Waals surface area contributed by atoms with Gasteiger partial charge in [-0.15, -0.1) is 0 Å². The van der Waals surface area contributed by atoms with Crippen LogP contribution in [0.15, 0.2) is 0 Å². The fraction of sp³-hybridized carbons (Fsp3) is 0.875. The Balaban J connectivity index is 2.10. The van der Waals surface area contributed by atoms with Gasteiger partial charge in [0, 0.05) is 18.5 Å². The molecule has 2 rings (SSSR count). The largest absolute Gasteiger partial charge is 0.481 e. The number of hydrogen-bond donors (Lipinski definition) is 1. The zero-order valence-electron chi connectivity index (χ0n) is 12.9. The summed E-state index contributed by atoms with van der Waals surface area (Å²) in [4.78, 5) is 26.1. The quantitative estimate of drug-likeness (QED) is 0.865. The van der Waals surface area contributed by atoms with Gasteiger partial charge in [0.15, 0.2) is 0 Å². The number of carbonyl (C=O) groups is 2. The molecule has 1 amide bonds. The molecular weight excluding hydrogens is 254 g/mol. The Kier molecular flexibility index (Phi) is 4.12. The summed E-state index contributed by atoms with van der Waals surface area (Å²) >= 11 is 0. The first-order valence-corrected chi connectivity index (χ1v) is 7.80. The average Bonchev–Trinajstić information content (AvgIpc) is 2.92. The summed E-state index contributed by atoms with van der Waals surface area (Å²) in [5, 5.41) is 9.37. The van der Waals surface area contributed by atoms with Crippen molar-refractivity contribution in [3.8, 4) is 0 Å². The number of carboxylic acids is 1. The third-order valence-corrected chi connectivity index (χ3v) is 5.43. The third-order valence-electron chi connectivity index (χ3n) is 5.43. The maximum atomic E-state index is 12.9. The highest BCUT2D eigenvalue weighted by atomic mass is 16.4. The highest BCUT2D eigenvalue weighted by molar-refractivity contribution is 5.84. The number of likely N-dealkylation sites (tertiary alicyclic amines) is 1. The van der Waals surface area contributed by atoms with Gasteiger partial charge in [-0.2, -0.15) is 0 Å². The SMILES string of the molecule is CC1(C(=O)O)CCCN(C(=O)C(C)(C)C2CCCC2)C1. The molecule has 1 aliphatic carbocycles. The van der Waals surface area contributed by atoms with Gasteiger partial charge >= 0.3 is 5.97 Å². The van der Waals surface area contributed by atoms with Crippen LogP contribution in [0.3, 0.4) is 0 Å². The van der Waals surface area contributed by atoms with E-state index in [9.17, 15) is 14.7 Å². The first-order valence-electron chi connectivity index (χ1n) is 7.80. The molecule has 0 aromatic heterocycles. The number of hydrogen-bond acceptors (Lipinski definition) is 2. The minimum absolute atomic E-state index is 0.150. The summed E-state index contributed by atoms with van der Waals surface area (Å²) in [6.07, 6.45) is 6.14. The molecule has 1 atom stereocenters. The van der Waals surface area contributed by atoms with E-state index in [0.29, 0.717) is 25.4 Å². The summed E-state index contributed by atoms with van der Waals surface area (Å²) in [5.41, 5.74) is -1.13. The second kappa shape index (κ2) is 5.38. The number of aliphatic carboxylic acids is 1. The minimum atomic E-state index is -0.784. The van der Waals surface area contributed by atoms with E-state index in [2.05, 4.69) is 0 Å². The molecule has 1 saturated heterocycles. The zero-order valence-corrected chi connectivity index (χ0v) is 12.9. The molecule has 2 fully saturated rings. The average molecular weight is 281 g/mol. The Labute approximate surface area is 121 Å². The van der Waals surface area contributed by atoms with Gasteiger partial charge in [-0.3, -0.25) is 9.59 Å². The molecule has 1 saturated carbocycles. The molecule has 1 aliphatic heterocycles. The van der Waals surface area contributed by atoms with Crippen molar-refractivity contribution >= 4 is 11.9 Å². The zero-order chi connectivity index (χ0) is 15.0. The first kappa shape index (κ1) is 15.3. The van der Waals surface area contributed by atoms with Crippen LogP contribution in [-0.2, 0) is 9.59 Å². The standard InChI is InChI=1S/C16H27NO3/c1-15(2,12-7-4-5-8-12)13(18)17-10-6-9-16(3,11-17)14(19)20/h12H,4-11H2,1-3H3,(H,19,20). The molecule has 2 aliphatic rings. The van der Waals surface area contributed by atoms with Gasteiger partial charge < -0.3 is 10.0 Å². The summed E-state index contributed by atoms with van der Waals surface area (Å²) in [7, 11) is 0. The van der Waals surface area contributed by atoms with E-state index in [0.717, 1.165) is 19.3 Å². The normalized spacial score (nSPS) is 28.6. The minimum Gasteiger partial charge on any atom is -0.481 e. The van der Waals surface area contributed by atoms with Crippen LogP contribution >= 0.6 is 0 Å². The molecule has 1 N–H and O–H groups in total. The summed E-state index contributed by atoms with van der Waals surface area (Å²) in [5.74, 6) is -0.182. The fourth-order valence-corrected chi connectivity index (χ4v) is 3.82. The van der Waals surface area contributed by atoms with Crippen LogP contribution < -0.4 is 0 Å². The van der Waals surface area contributed by atoms with Crippen molar-refractivity contribution in [1.82, 2.24) is 4.90 Å². The Hall–Kier alpha value is -1.06. The number of carbonyl (C=O) groups excluding carboxylic acids is 1. The molecule has 1 heterocycles. The predicted octanol–water partition coefficient (Wildman–Crippen LogP) is 2.92.